The molecule has 3 aromatic heterocycles. The number of anilines is 2. The number of halogens is 2. The van der Waals surface area contributed by atoms with Gasteiger partial charge in [0.25, 0.3) is 0 Å². The molecule has 2 aliphatic rings. The van der Waals surface area contributed by atoms with Gasteiger partial charge in [-0.15, -0.1) is 0 Å². The van der Waals surface area contributed by atoms with Crippen molar-refractivity contribution < 1.29 is 23.7 Å². The number of fused-ring (bicyclic) bond motifs is 5. The number of ether oxygens (including phenoxy) is 4. The monoisotopic (exact) mass is 646 g/mol. The first-order chi connectivity index (χ1) is 21.8. The summed E-state index contributed by atoms with van der Waals surface area (Å²) in [6.07, 6.45) is 7.53. The largest absolute Gasteiger partial charge is 0.496 e. The van der Waals surface area contributed by atoms with Gasteiger partial charge in [0.2, 0.25) is 5.91 Å². The van der Waals surface area contributed by atoms with E-state index in [1.807, 2.05) is 22.6 Å². The van der Waals surface area contributed by atoms with Crippen LogP contribution in [0, 0.1) is 0 Å². The highest BCUT2D eigenvalue weighted by atomic mass is 35.5. The normalized spacial score (nSPS) is 17.2. The van der Waals surface area contributed by atoms with E-state index < -0.39 is 0 Å². The SMILES string of the molecule is C=CC(=O)Nc1cc(-c2ncc3cc(-c4c(Cl)c(OC)cc(OC)c4Cl)c4nccn4c3n2)c(OC)cc1N1C[C@@H]2C[C@H]1CO2. The van der Waals surface area contributed by atoms with Crippen molar-refractivity contribution in [3.63, 3.8) is 0 Å². The van der Waals surface area contributed by atoms with Gasteiger partial charge in [0.05, 0.1) is 67.1 Å². The molecule has 0 saturated carbocycles. The Balaban J connectivity index is 1.39. The summed E-state index contributed by atoms with van der Waals surface area (Å²) in [6, 6.07) is 7.49. The van der Waals surface area contributed by atoms with E-state index in [1.54, 1.807) is 31.8 Å². The van der Waals surface area contributed by atoms with Crippen molar-refractivity contribution in [2.24, 2.45) is 0 Å². The zero-order valence-corrected chi connectivity index (χ0v) is 26.1. The standard InChI is InChI=1S/C32H28Cl2N6O5/c1-5-26(41)37-21-10-19(23(42-2)11-22(21)40-14-18-9-17(40)15-45-18)30-36-13-16-8-20(32-35-6-7-39(32)31(16)38-30)27-28(33)24(43-3)12-25(44-4)29(27)34/h5-8,10-13,17-18H,1,9,14-15H2,2-4H3,(H,37,41)/t17-,18-/m0/s1. The predicted molar refractivity (Wildman–Crippen MR) is 173 cm³/mol. The summed E-state index contributed by atoms with van der Waals surface area (Å²) in [6.45, 7) is 4.98. The molecule has 1 amide bonds. The van der Waals surface area contributed by atoms with E-state index >= 15 is 0 Å². The minimum atomic E-state index is -0.327. The van der Waals surface area contributed by atoms with E-state index in [9.17, 15) is 4.79 Å². The lowest BCUT2D eigenvalue weighted by molar-refractivity contribution is -0.111. The van der Waals surface area contributed by atoms with Crippen molar-refractivity contribution in [2.75, 3.05) is 44.7 Å². The van der Waals surface area contributed by atoms with Crippen LogP contribution in [-0.2, 0) is 9.53 Å². The Morgan fingerprint density at radius 1 is 1.02 bits per heavy atom. The average molecular weight is 648 g/mol. The predicted octanol–water partition coefficient (Wildman–Crippen LogP) is 6.05. The maximum atomic E-state index is 12.5. The number of carbonyl (C=O) groups is 1. The molecule has 230 valence electrons. The number of hydrogen-bond donors (Lipinski definition) is 1. The van der Waals surface area contributed by atoms with Crippen LogP contribution < -0.4 is 24.4 Å². The van der Waals surface area contributed by atoms with Crippen molar-refractivity contribution in [1.29, 1.82) is 0 Å². The summed E-state index contributed by atoms with van der Waals surface area (Å²) >= 11 is 13.6. The van der Waals surface area contributed by atoms with Crippen molar-refractivity contribution in [2.45, 2.75) is 18.6 Å². The van der Waals surface area contributed by atoms with Crippen LogP contribution in [0.4, 0.5) is 11.4 Å². The summed E-state index contributed by atoms with van der Waals surface area (Å²) in [7, 11) is 4.65. The molecule has 1 N–H and O–H groups in total. The quantitative estimate of drug-likeness (QED) is 0.201. The number of rotatable bonds is 8. The first-order valence-corrected chi connectivity index (χ1v) is 14.9. The van der Waals surface area contributed by atoms with E-state index in [-0.39, 0.29) is 18.1 Å². The summed E-state index contributed by atoms with van der Waals surface area (Å²) in [5, 5.41) is 4.31. The lowest BCUT2D eigenvalue weighted by Gasteiger charge is -2.31. The summed E-state index contributed by atoms with van der Waals surface area (Å²) in [4.78, 5) is 29.0. The zero-order chi connectivity index (χ0) is 31.4. The van der Waals surface area contributed by atoms with Crippen molar-refractivity contribution in [1.82, 2.24) is 19.4 Å². The molecule has 2 fully saturated rings. The Bertz CT molecular complexity index is 1990. The third-order valence-electron chi connectivity index (χ3n) is 8.26. The fourth-order valence-electron chi connectivity index (χ4n) is 6.14. The molecular formula is C32H28Cl2N6O5. The molecule has 11 nitrogen and oxygen atoms in total. The smallest absolute Gasteiger partial charge is 0.247 e. The molecule has 5 heterocycles. The van der Waals surface area contributed by atoms with Crippen molar-refractivity contribution >= 4 is 57.2 Å². The fraction of sp³-hybridized carbons (Fsp3) is 0.250. The Labute approximate surface area is 268 Å². The lowest BCUT2D eigenvalue weighted by atomic mass is 10.0. The maximum Gasteiger partial charge on any atom is 0.247 e. The summed E-state index contributed by atoms with van der Waals surface area (Å²) < 4.78 is 24.5. The van der Waals surface area contributed by atoms with Crippen LogP contribution in [-0.4, -0.2) is 71.9 Å². The summed E-state index contributed by atoms with van der Waals surface area (Å²) in [5.41, 5.74) is 4.37. The number of methoxy groups -OCH3 is 3. The van der Waals surface area contributed by atoms with Gasteiger partial charge in [-0.2, -0.15) is 0 Å². The molecule has 7 rings (SSSR count). The second-order valence-corrected chi connectivity index (χ2v) is 11.5. The van der Waals surface area contributed by atoms with Crippen LogP contribution in [0.5, 0.6) is 17.2 Å². The van der Waals surface area contributed by atoms with Gasteiger partial charge in [0.15, 0.2) is 5.82 Å². The van der Waals surface area contributed by atoms with E-state index in [0.717, 1.165) is 18.7 Å². The third-order valence-corrected chi connectivity index (χ3v) is 9.01. The number of imidazole rings is 1. The van der Waals surface area contributed by atoms with Crippen molar-refractivity contribution in [3.05, 3.63) is 65.6 Å². The van der Waals surface area contributed by atoms with Crippen LogP contribution >= 0.6 is 23.2 Å². The molecule has 2 aromatic carbocycles. The minimum Gasteiger partial charge on any atom is -0.496 e. The van der Waals surface area contributed by atoms with Crippen LogP contribution in [0.15, 0.2) is 55.5 Å². The highest BCUT2D eigenvalue weighted by molar-refractivity contribution is 6.41. The number of carbonyl (C=O) groups excluding carboxylic acids is 1. The highest BCUT2D eigenvalue weighted by Crippen LogP contribution is 2.48. The molecule has 2 saturated heterocycles. The number of nitrogens with zero attached hydrogens (tertiary/aromatic N) is 5. The van der Waals surface area contributed by atoms with Gasteiger partial charge in [0, 0.05) is 53.8 Å². The molecule has 2 atom stereocenters. The van der Waals surface area contributed by atoms with E-state index in [1.165, 1.54) is 20.3 Å². The Kier molecular flexibility index (Phi) is 7.39. The molecule has 5 aromatic rings. The molecule has 2 bridgehead atoms. The third kappa shape index (κ3) is 4.78. The topological polar surface area (TPSA) is 112 Å². The number of amides is 1. The number of pyridine rings is 1. The number of morpholine rings is 1. The molecule has 0 spiro atoms. The van der Waals surface area contributed by atoms with Gasteiger partial charge in [-0.1, -0.05) is 29.8 Å². The number of benzene rings is 2. The van der Waals surface area contributed by atoms with Crippen LogP contribution in [0.1, 0.15) is 6.42 Å². The maximum absolute atomic E-state index is 12.5. The Hall–Kier alpha value is -4.58. The van der Waals surface area contributed by atoms with Gasteiger partial charge in [-0.25, -0.2) is 15.0 Å². The Morgan fingerprint density at radius 3 is 2.42 bits per heavy atom. The number of aromatic nitrogens is 4. The van der Waals surface area contributed by atoms with Gasteiger partial charge >= 0.3 is 0 Å². The minimum absolute atomic E-state index is 0.165. The molecule has 45 heavy (non-hydrogen) atoms. The average Bonchev–Trinajstić information content (AvgIpc) is 3.83. The first-order valence-electron chi connectivity index (χ1n) is 14.1. The molecule has 13 heteroatoms. The summed E-state index contributed by atoms with van der Waals surface area (Å²) in [5.74, 6) is 1.45. The van der Waals surface area contributed by atoms with Crippen LogP contribution in [0.2, 0.25) is 10.0 Å². The molecule has 2 aliphatic heterocycles. The van der Waals surface area contributed by atoms with Crippen LogP contribution in [0.25, 0.3) is 39.2 Å². The number of nitrogens with one attached hydrogen (secondary N) is 1. The molecule has 0 unspecified atom stereocenters. The zero-order valence-electron chi connectivity index (χ0n) is 24.6. The van der Waals surface area contributed by atoms with Gasteiger partial charge in [-0.3, -0.25) is 9.20 Å². The Morgan fingerprint density at radius 2 is 1.78 bits per heavy atom. The van der Waals surface area contributed by atoms with E-state index in [0.29, 0.717) is 78.8 Å². The number of hydrogen-bond acceptors (Lipinski definition) is 9. The molecule has 0 aliphatic carbocycles. The second-order valence-electron chi connectivity index (χ2n) is 10.7. The van der Waals surface area contributed by atoms with Gasteiger partial charge < -0.3 is 29.2 Å². The fourth-order valence-corrected chi connectivity index (χ4v) is 6.84. The van der Waals surface area contributed by atoms with Gasteiger partial charge in [-0.05, 0) is 24.6 Å². The molecule has 0 radical (unpaired) electrons. The lowest BCUT2D eigenvalue weighted by Crippen LogP contribution is -2.37. The highest BCUT2D eigenvalue weighted by Gasteiger charge is 2.40. The van der Waals surface area contributed by atoms with Crippen LogP contribution in [0.3, 0.4) is 0 Å². The van der Waals surface area contributed by atoms with E-state index in [2.05, 4.69) is 21.8 Å². The first kappa shape index (κ1) is 29.1. The van der Waals surface area contributed by atoms with Gasteiger partial charge in [0.1, 0.15) is 28.5 Å². The van der Waals surface area contributed by atoms with E-state index in [4.69, 9.17) is 52.1 Å². The molecular weight excluding hydrogens is 619 g/mol. The van der Waals surface area contributed by atoms with Crippen molar-refractivity contribution in [3.8, 4) is 39.8 Å². The second kappa shape index (κ2) is 11.4.